The Balaban J connectivity index is 1.95. The monoisotopic (exact) mass is 315 g/mol. The van der Waals surface area contributed by atoms with E-state index in [1.165, 1.54) is 0 Å². The normalized spacial score (nSPS) is 10.8. The predicted molar refractivity (Wildman–Crippen MR) is 82.4 cm³/mol. The summed E-state index contributed by atoms with van der Waals surface area (Å²) in [5.74, 6) is -0.387. The van der Waals surface area contributed by atoms with Crippen LogP contribution in [0.25, 0.3) is 22.6 Å². The number of carbonyl (C=O) groups is 1. The van der Waals surface area contributed by atoms with Crippen molar-refractivity contribution in [2.24, 2.45) is 7.05 Å². The fraction of sp³-hybridized carbons (Fsp3) is 0.143. The molecule has 0 spiro atoms. The van der Waals surface area contributed by atoms with E-state index in [2.05, 4.69) is 20.3 Å². The summed E-state index contributed by atoms with van der Waals surface area (Å²) in [4.78, 5) is 13.6. The maximum absolute atomic E-state index is 10.6. The molecule has 0 bridgehead atoms. The standard InChI is InChI=1S/C14H13N5O2S/c1-19-12(9-5-3-2-4-6-9)10(7-15-19)13-16-14(18-17-13)22-8-11(20)21/h2-7H,8H2,1H3,(H,20,21)(H,16,17,18). The zero-order valence-electron chi connectivity index (χ0n) is 11.7. The molecule has 7 nitrogen and oxygen atoms in total. The Bertz CT molecular complexity index is 797. The van der Waals surface area contributed by atoms with E-state index in [1.807, 2.05) is 37.4 Å². The molecule has 112 valence electrons. The van der Waals surface area contributed by atoms with Gasteiger partial charge in [0.1, 0.15) is 0 Å². The number of carboxylic acids is 1. The van der Waals surface area contributed by atoms with Gasteiger partial charge in [0.05, 0.1) is 23.2 Å². The maximum Gasteiger partial charge on any atom is 0.313 e. The third kappa shape index (κ3) is 2.86. The molecule has 2 heterocycles. The molecule has 0 saturated carbocycles. The highest BCUT2D eigenvalue weighted by molar-refractivity contribution is 7.99. The van der Waals surface area contributed by atoms with Crippen molar-refractivity contribution in [1.82, 2.24) is 25.0 Å². The number of nitrogens with one attached hydrogen (secondary N) is 1. The molecule has 0 saturated heterocycles. The van der Waals surface area contributed by atoms with Crippen molar-refractivity contribution < 1.29 is 9.90 Å². The van der Waals surface area contributed by atoms with Gasteiger partial charge in [-0.15, -0.1) is 10.2 Å². The van der Waals surface area contributed by atoms with Crippen LogP contribution in [0.15, 0.2) is 41.7 Å². The highest BCUT2D eigenvalue weighted by Crippen LogP contribution is 2.30. The number of carboxylic acid groups (broad SMARTS) is 1. The lowest BCUT2D eigenvalue weighted by molar-refractivity contribution is -0.133. The van der Waals surface area contributed by atoms with Gasteiger partial charge in [0.2, 0.25) is 0 Å². The summed E-state index contributed by atoms with van der Waals surface area (Å²) in [5, 5.41) is 21.5. The first kappa shape index (κ1) is 14.3. The molecule has 0 radical (unpaired) electrons. The number of aliphatic carboxylic acids is 1. The van der Waals surface area contributed by atoms with Gasteiger partial charge < -0.3 is 10.1 Å². The van der Waals surface area contributed by atoms with E-state index < -0.39 is 5.97 Å². The minimum atomic E-state index is -0.894. The lowest BCUT2D eigenvalue weighted by Crippen LogP contribution is -1.97. The third-order valence-electron chi connectivity index (χ3n) is 3.04. The average Bonchev–Trinajstić information content (AvgIpc) is 3.12. The van der Waals surface area contributed by atoms with Crippen LogP contribution in [0.5, 0.6) is 0 Å². The predicted octanol–water partition coefficient (Wildman–Crippen LogP) is 2.05. The topological polar surface area (TPSA) is 96.7 Å². The molecule has 3 rings (SSSR count). The van der Waals surface area contributed by atoms with Crippen LogP contribution >= 0.6 is 11.8 Å². The van der Waals surface area contributed by atoms with Crippen molar-refractivity contribution in [2.45, 2.75) is 5.16 Å². The largest absolute Gasteiger partial charge is 0.481 e. The van der Waals surface area contributed by atoms with Crippen molar-refractivity contribution in [3.63, 3.8) is 0 Å². The number of aromatic nitrogens is 5. The number of aryl methyl sites for hydroxylation is 1. The van der Waals surface area contributed by atoms with E-state index in [-0.39, 0.29) is 5.75 Å². The molecule has 22 heavy (non-hydrogen) atoms. The summed E-state index contributed by atoms with van der Waals surface area (Å²) >= 11 is 1.10. The summed E-state index contributed by atoms with van der Waals surface area (Å²) in [6, 6.07) is 9.86. The molecule has 0 atom stereocenters. The molecule has 0 amide bonds. The van der Waals surface area contributed by atoms with Gasteiger partial charge >= 0.3 is 5.97 Å². The van der Waals surface area contributed by atoms with Crippen molar-refractivity contribution in [3.05, 3.63) is 36.5 Å². The summed E-state index contributed by atoms with van der Waals surface area (Å²) in [7, 11) is 1.86. The van der Waals surface area contributed by atoms with Gasteiger partial charge in [-0.25, -0.2) is 0 Å². The van der Waals surface area contributed by atoms with Crippen molar-refractivity contribution in [1.29, 1.82) is 0 Å². The molecular formula is C14H13N5O2S. The van der Waals surface area contributed by atoms with Crippen LogP contribution in [0.2, 0.25) is 0 Å². The minimum absolute atomic E-state index is 0.0623. The maximum atomic E-state index is 10.6. The highest BCUT2D eigenvalue weighted by atomic mass is 32.2. The van der Waals surface area contributed by atoms with Crippen LogP contribution in [-0.2, 0) is 11.8 Å². The molecule has 1 aromatic carbocycles. The van der Waals surface area contributed by atoms with E-state index in [0.29, 0.717) is 11.0 Å². The van der Waals surface area contributed by atoms with Crippen LogP contribution in [0, 0.1) is 0 Å². The number of aromatic amines is 1. The number of benzene rings is 1. The van der Waals surface area contributed by atoms with Crippen LogP contribution in [-0.4, -0.2) is 41.8 Å². The van der Waals surface area contributed by atoms with E-state index >= 15 is 0 Å². The first-order valence-electron chi connectivity index (χ1n) is 6.50. The molecule has 2 aromatic heterocycles. The fourth-order valence-electron chi connectivity index (χ4n) is 2.11. The number of nitrogens with zero attached hydrogens (tertiary/aromatic N) is 4. The minimum Gasteiger partial charge on any atom is -0.481 e. The van der Waals surface area contributed by atoms with Crippen molar-refractivity contribution in [3.8, 4) is 22.6 Å². The molecule has 0 unspecified atom stereocenters. The zero-order chi connectivity index (χ0) is 15.5. The smallest absolute Gasteiger partial charge is 0.313 e. The van der Waals surface area contributed by atoms with E-state index in [0.717, 1.165) is 28.6 Å². The lowest BCUT2D eigenvalue weighted by Gasteiger charge is -2.04. The van der Waals surface area contributed by atoms with Gasteiger partial charge in [-0.2, -0.15) is 5.10 Å². The van der Waals surface area contributed by atoms with Crippen LogP contribution in [0.3, 0.4) is 0 Å². The van der Waals surface area contributed by atoms with E-state index in [4.69, 9.17) is 5.11 Å². The number of hydrogen-bond donors (Lipinski definition) is 2. The van der Waals surface area contributed by atoms with Gasteiger partial charge in [-0.3, -0.25) is 9.48 Å². The highest BCUT2D eigenvalue weighted by Gasteiger charge is 2.16. The number of hydrogen-bond acceptors (Lipinski definition) is 5. The summed E-state index contributed by atoms with van der Waals surface area (Å²) in [5.41, 5.74) is 2.77. The van der Waals surface area contributed by atoms with Gasteiger partial charge in [0.15, 0.2) is 11.0 Å². The number of H-pyrrole nitrogens is 1. The Kier molecular flexibility index (Phi) is 3.92. The van der Waals surface area contributed by atoms with Crippen LogP contribution in [0.1, 0.15) is 0 Å². The van der Waals surface area contributed by atoms with Gasteiger partial charge in [-0.1, -0.05) is 42.1 Å². The molecule has 0 fully saturated rings. The average molecular weight is 315 g/mol. The third-order valence-corrected chi connectivity index (χ3v) is 3.89. The quantitative estimate of drug-likeness (QED) is 0.699. The van der Waals surface area contributed by atoms with Crippen LogP contribution < -0.4 is 0 Å². The van der Waals surface area contributed by atoms with Gasteiger partial charge in [0, 0.05) is 12.6 Å². The Morgan fingerprint density at radius 3 is 2.82 bits per heavy atom. The Labute approximate surface area is 130 Å². The number of rotatable bonds is 5. The lowest BCUT2D eigenvalue weighted by atomic mass is 10.1. The summed E-state index contributed by atoms with van der Waals surface area (Å²) < 4.78 is 1.78. The molecule has 0 aliphatic carbocycles. The summed E-state index contributed by atoms with van der Waals surface area (Å²) in [6.07, 6.45) is 1.72. The van der Waals surface area contributed by atoms with Crippen molar-refractivity contribution in [2.75, 3.05) is 5.75 Å². The fourth-order valence-corrected chi connectivity index (χ4v) is 2.64. The molecule has 0 aliphatic heterocycles. The zero-order valence-corrected chi connectivity index (χ0v) is 12.5. The first-order chi connectivity index (χ1) is 10.6. The summed E-state index contributed by atoms with van der Waals surface area (Å²) in [6.45, 7) is 0. The Morgan fingerprint density at radius 2 is 2.09 bits per heavy atom. The molecule has 8 heteroatoms. The molecule has 3 aromatic rings. The molecule has 0 aliphatic rings. The van der Waals surface area contributed by atoms with Gasteiger partial charge in [0.25, 0.3) is 0 Å². The van der Waals surface area contributed by atoms with E-state index in [1.54, 1.807) is 10.9 Å². The SMILES string of the molecule is Cn1ncc(-c2nnc(SCC(=O)O)[nH]2)c1-c1ccccc1. The second-order valence-electron chi connectivity index (χ2n) is 4.56. The van der Waals surface area contributed by atoms with Crippen LogP contribution in [0.4, 0.5) is 0 Å². The number of thioether (sulfide) groups is 1. The Morgan fingerprint density at radius 1 is 1.32 bits per heavy atom. The Hall–Kier alpha value is -2.61. The van der Waals surface area contributed by atoms with Gasteiger partial charge in [-0.05, 0) is 0 Å². The second-order valence-corrected chi connectivity index (χ2v) is 5.52. The second kappa shape index (κ2) is 6.02. The molecular weight excluding hydrogens is 302 g/mol. The molecule has 2 N–H and O–H groups in total. The van der Waals surface area contributed by atoms with E-state index in [9.17, 15) is 4.79 Å². The first-order valence-corrected chi connectivity index (χ1v) is 7.49. The van der Waals surface area contributed by atoms with Crippen molar-refractivity contribution >= 4 is 17.7 Å².